The summed E-state index contributed by atoms with van der Waals surface area (Å²) in [5.41, 5.74) is 0. The highest BCUT2D eigenvalue weighted by Crippen LogP contribution is 2.33. The molecule has 2 fully saturated rings. The van der Waals surface area contributed by atoms with Gasteiger partial charge < -0.3 is 10.4 Å². The Bertz CT molecular complexity index is 213. The van der Waals surface area contributed by atoms with Crippen LogP contribution in [0.15, 0.2) is 0 Å². The van der Waals surface area contributed by atoms with Crippen molar-refractivity contribution >= 4 is 0 Å². The summed E-state index contributed by atoms with van der Waals surface area (Å²) in [6.45, 7) is 5.50. The Kier molecular flexibility index (Phi) is 4.26. The number of rotatable bonds is 5. The molecule has 2 heteroatoms. The Hall–Kier alpha value is -0.0800. The van der Waals surface area contributed by atoms with Crippen LogP contribution in [0.2, 0.25) is 0 Å². The maximum Gasteiger partial charge on any atom is 0.0692 e. The summed E-state index contributed by atoms with van der Waals surface area (Å²) in [6.07, 6.45) is 7.78. The van der Waals surface area contributed by atoms with Crippen molar-refractivity contribution < 1.29 is 5.11 Å². The van der Waals surface area contributed by atoms with E-state index >= 15 is 0 Å². The van der Waals surface area contributed by atoms with Crippen LogP contribution in [0, 0.1) is 17.8 Å². The van der Waals surface area contributed by atoms with E-state index in [1.807, 2.05) is 0 Å². The molecule has 0 spiro atoms. The number of hydrogen-bond donors (Lipinski definition) is 2. The van der Waals surface area contributed by atoms with E-state index in [2.05, 4.69) is 19.2 Å². The topological polar surface area (TPSA) is 32.3 Å². The number of nitrogens with one attached hydrogen (secondary N) is 1. The van der Waals surface area contributed by atoms with Crippen molar-refractivity contribution in [1.82, 2.24) is 5.32 Å². The summed E-state index contributed by atoms with van der Waals surface area (Å²) < 4.78 is 0. The average Bonchev–Trinajstić information content (AvgIpc) is 3.10. The predicted molar refractivity (Wildman–Crippen MR) is 67.3 cm³/mol. The molecule has 0 aromatic rings. The third-order valence-corrected chi connectivity index (χ3v) is 4.44. The van der Waals surface area contributed by atoms with Crippen LogP contribution in [0.5, 0.6) is 0 Å². The SMILES string of the molecule is CC(C)C1CCCC(NCC(O)C2CC2)C1. The lowest BCUT2D eigenvalue weighted by Gasteiger charge is -2.32. The highest BCUT2D eigenvalue weighted by Gasteiger charge is 2.30. The first-order chi connectivity index (χ1) is 7.66. The zero-order valence-corrected chi connectivity index (χ0v) is 10.8. The van der Waals surface area contributed by atoms with Crippen molar-refractivity contribution in [1.29, 1.82) is 0 Å². The molecule has 2 N–H and O–H groups in total. The molecule has 3 atom stereocenters. The summed E-state index contributed by atoms with van der Waals surface area (Å²) in [6, 6.07) is 0.662. The Balaban J connectivity index is 1.68. The molecule has 16 heavy (non-hydrogen) atoms. The van der Waals surface area contributed by atoms with Gasteiger partial charge in [-0.2, -0.15) is 0 Å². The Morgan fingerprint density at radius 1 is 1.12 bits per heavy atom. The summed E-state index contributed by atoms with van der Waals surface area (Å²) >= 11 is 0. The average molecular weight is 225 g/mol. The molecule has 0 aromatic carbocycles. The van der Waals surface area contributed by atoms with Gasteiger partial charge in [-0.3, -0.25) is 0 Å². The molecular formula is C14H27NO. The molecule has 94 valence electrons. The molecule has 0 radical (unpaired) electrons. The van der Waals surface area contributed by atoms with E-state index in [0.717, 1.165) is 18.4 Å². The summed E-state index contributed by atoms with van der Waals surface area (Å²) in [4.78, 5) is 0. The minimum atomic E-state index is -0.0839. The fourth-order valence-corrected chi connectivity index (χ4v) is 2.95. The monoisotopic (exact) mass is 225 g/mol. The molecule has 2 aliphatic carbocycles. The Labute approximate surface area is 99.8 Å². The zero-order valence-electron chi connectivity index (χ0n) is 10.8. The second-order valence-electron chi connectivity index (χ2n) is 6.18. The lowest BCUT2D eigenvalue weighted by molar-refractivity contribution is 0.135. The number of hydrogen-bond acceptors (Lipinski definition) is 2. The Morgan fingerprint density at radius 3 is 2.50 bits per heavy atom. The molecule has 2 aliphatic rings. The Morgan fingerprint density at radius 2 is 1.88 bits per heavy atom. The van der Waals surface area contributed by atoms with Crippen LogP contribution < -0.4 is 5.32 Å². The second kappa shape index (κ2) is 5.50. The molecule has 0 saturated heterocycles. The first-order valence-electron chi connectivity index (χ1n) is 7.08. The van der Waals surface area contributed by atoms with Gasteiger partial charge >= 0.3 is 0 Å². The maximum atomic E-state index is 9.83. The van der Waals surface area contributed by atoms with E-state index in [9.17, 15) is 5.11 Å². The van der Waals surface area contributed by atoms with Gasteiger partial charge in [0, 0.05) is 12.6 Å². The van der Waals surface area contributed by atoms with Crippen LogP contribution in [0.1, 0.15) is 52.4 Å². The first kappa shape index (κ1) is 12.4. The van der Waals surface area contributed by atoms with E-state index in [0.29, 0.717) is 12.0 Å². The fourth-order valence-electron chi connectivity index (χ4n) is 2.95. The fraction of sp³-hybridized carbons (Fsp3) is 1.00. The van der Waals surface area contributed by atoms with Gasteiger partial charge in [0.1, 0.15) is 0 Å². The molecule has 0 amide bonds. The van der Waals surface area contributed by atoms with Crippen LogP contribution in [-0.2, 0) is 0 Å². The van der Waals surface area contributed by atoms with Gasteiger partial charge in [0.15, 0.2) is 0 Å². The second-order valence-corrected chi connectivity index (χ2v) is 6.18. The van der Waals surface area contributed by atoms with Gasteiger partial charge in [-0.25, -0.2) is 0 Å². The van der Waals surface area contributed by atoms with E-state index in [-0.39, 0.29) is 6.10 Å². The zero-order chi connectivity index (χ0) is 11.5. The van der Waals surface area contributed by atoms with Crippen LogP contribution in [0.3, 0.4) is 0 Å². The van der Waals surface area contributed by atoms with Crippen LogP contribution in [-0.4, -0.2) is 23.8 Å². The molecule has 0 heterocycles. The summed E-state index contributed by atoms with van der Waals surface area (Å²) in [5, 5.41) is 13.4. The quantitative estimate of drug-likeness (QED) is 0.753. The van der Waals surface area contributed by atoms with E-state index < -0.39 is 0 Å². The summed E-state index contributed by atoms with van der Waals surface area (Å²) in [5.74, 6) is 2.32. The van der Waals surface area contributed by atoms with Crippen LogP contribution in [0.4, 0.5) is 0 Å². The largest absolute Gasteiger partial charge is 0.392 e. The standard InChI is InChI=1S/C14H27NO/c1-10(2)12-4-3-5-13(8-12)15-9-14(16)11-6-7-11/h10-16H,3-9H2,1-2H3. The molecule has 3 unspecified atom stereocenters. The van der Waals surface area contributed by atoms with Gasteiger partial charge in [0.2, 0.25) is 0 Å². The maximum absolute atomic E-state index is 9.83. The summed E-state index contributed by atoms with van der Waals surface area (Å²) in [7, 11) is 0. The third-order valence-electron chi connectivity index (χ3n) is 4.44. The van der Waals surface area contributed by atoms with Gasteiger partial charge in [-0.15, -0.1) is 0 Å². The van der Waals surface area contributed by atoms with Crippen molar-refractivity contribution in [2.24, 2.45) is 17.8 Å². The number of aliphatic hydroxyl groups is 1. The molecule has 2 nitrogen and oxygen atoms in total. The van der Waals surface area contributed by atoms with Crippen molar-refractivity contribution in [2.75, 3.05) is 6.54 Å². The van der Waals surface area contributed by atoms with E-state index in [4.69, 9.17) is 0 Å². The third kappa shape index (κ3) is 3.46. The molecule has 0 aliphatic heterocycles. The van der Waals surface area contributed by atoms with Crippen molar-refractivity contribution in [3.05, 3.63) is 0 Å². The minimum absolute atomic E-state index is 0.0839. The number of aliphatic hydroxyl groups excluding tert-OH is 1. The van der Waals surface area contributed by atoms with Crippen molar-refractivity contribution in [3.8, 4) is 0 Å². The van der Waals surface area contributed by atoms with Gasteiger partial charge in [-0.05, 0) is 43.4 Å². The van der Waals surface area contributed by atoms with E-state index in [1.54, 1.807) is 0 Å². The van der Waals surface area contributed by atoms with Crippen LogP contribution >= 0.6 is 0 Å². The molecule has 2 rings (SSSR count). The lowest BCUT2D eigenvalue weighted by atomic mass is 9.79. The first-order valence-corrected chi connectivity index (χ1v) is 7.08. The van der Waals surface area contributed by atoms with Crippen molar-refractivity contribution in [2.45, 2.75) is 64.5 Å². The predicted octanol–water partition coefficient (Wildman–Crippen LogP) is 2.56. The van der Waals surface area contributed by atoms with E-state index in [1.165, 1.54) is 38.5 Å². The minimum Gasteiger partial charge on any atom is -0.392 e. The molecule has 0 aromatic heterocycles. The van der Waals surface area contributed by atoms with Gasteiger partial charge in [0.25, 0.3) is 0 Å². The molecule has 0 bridgehead atoms. The van der Waals surface area contributed by atoms with Crippen LogP contribution in [0.25, 0.3) is 0 Å². The normalized spacial score (nSPS) is 33.0. The van der Waals surface area contributed by atoms with Gasteiger partial charge in [-0.1, -0.05) is 26.7 Å². The smallest absolute Gasteiger partial charge is 0.0692 e. The highest BCUT2D eigenvalue weighted by atomic mass is 16.3. The van der Waals surface area contributed by atoms with Crippen molar-refractivity contribution in [3.63, 3.8) is 0 Å². The molecule has 2 saturated carbocycles. The lowest BCUT2D eigenvalue weighted by Crippen LogP contribution is -2.40. The van der Waals surface area contributed by atoms with Gasteiger partial charge in [0.05, 0.1) is 6.10 Å². The molecular weight excluding hydrogens is 198 g/mol. The highest BCUT2D eigenvalue weighted by molar-refractivity contribution is 4.85.